The molecule has 0 bridgehead atoms. The first kappa shape index (κ1) is 8.86. The number of hydrogen-bond acceptors (Lipinski definition) is 2. The van der Waals surface area contributed by atoms with Crippen molar-refractivity contribution in [2.45, 2.75) is 9.79 Å². The second kappa shape index (κ2) is 3.31. The first-order valence-electron chi connectivity index (χ1n) is 4.96. The van der Waals surface area contributed by atoms with E-state index in [1.165, 1.54) is 21.2 Å². The van der Waals surface area contributed by atoms with Crippen LogP contribution in [0.4, 0.5) is 11.4 Å². The van der Waals surface area contributed by atoms with Crippen molar-refractivity contribution in [3.8, 4) is 0 Å². The van der Waals surface area contributed by atoms with E-state index in [9.17, 15) is 0 Å². The SMILES string of the molecule is CN1c2ccccc2Sc2ccccc21. The summed E-state index contributed by atoms with van der Waals surface area (Å²) in [5.74, 6) is 0. The summed E-state index contributed by atoms with van der Waals surface area (Å²) in [5, 5.41) is 0. The molecule has 0 aromatic heterocycles. The molecule has 2 aromatic rings. The zero-order chi connectivity index (χ0) is 10.3. The van der Waals surface area contributed by atoms with Gasteiger partial charge >= 0.3 is 0 Å². The summed E-state index contributed by atoms with van der Waals surface area (Å²) in [6.45, 7) is 0. The van der Waals surface area contributed by atoms with Crippen molar-refractivity contribution in [3.05, 3.63) is 48.5 Å². The molecular weight excluding hydrogens is 202 g/mol. The van der Waals surface area contributed by atoms with Gasteiger partial charge in [-0.2, -0.15) is 0 Å². The Labute approximate surface area is 93.7 Å². The standard InChI is InChI=1S/C13H11NS/c1-14-10-6-2-4-8-12(10)15-13-9-5-3-7-11(13)14/h2-9H,1H3. The van der Waals surface area contributed by atoms with Crippen LogP contribution in [0.2, 0.25) is 0 Å². The van der Waals surface area contributed by atoms with Gasteiger partial charge in [-0.15, -0.1) is 0 Å². The molecule has 0 N–H and O–H groups in total. The fourth-order valence-electron chi connectivity index (χ4n) is 1.89. The molecular formula is C13H11NS. The Hall–Kier alpha value is -1.41. The highest BCUT2D eigenvalue weighted by atomic mass is 32.2. The molecule has 0 unspecified atom stereocenters. The third-order valence-corrected chi connectivity index (χ3v) is 3.80. The lowest BCUT2D eigenvalue weighted by Crippen LogP contribution is -2.14. The second-order valence-corrected chi connectivity index (χ2v) is 4.68. The van der Waals surface area contributed by atoms with E-state index < -0.39 is 0 Å². The van der Waals surface area contributed by atoms with Crippen molar-refractivity contribution in [1.29, 1.82) is 0 Å². The fourth-order valence-corrected chi connectivity index (χ4v) is 3.04. The molecule has 1 heterocycles. The molecule has 1 aliphatic rings. The summed E-state index contributed by atoms with van der Waals surface area (Å²) in [4.78, 5) is 4.92. The van der Waals surface area contributed by atoms with Crippen LogP contribution in [0.3, 0.4) is 0 Å². The van der Waals surface area contributed by atoms with Crippen molar-refractivity contribution in [2.24, 2.45) is 0 Å². The molecule has 0 atom stereocenters. The average molecular weight is 213 g/mol. The Bertz CT molecular complexity index is 462. The summed E-state index contributed by atoms with van der Waals surface area (Å²) < 4.78 is 0. The zero-order valence-electron chi connectivity index (χ0n) is 8.47. The Morgan fingerprint density at radius 3 is 1.80 bits per heavy atom. The zero-order valence-corrected chi connectivity index (χ0v) is 9.29. The Morgan fingerprint density at radius 1 is 0.800 bits per heavy atom. The molecule has 2 heteroatoms. The van der Waals surface area contributed by atoms with Gasteiger partial charge in [-0.3, -0.25) is 0 Å². The van der Waals surface area contributed by atoms with E-state index in [0.717, 1.165) is 0 Å². The number of anilines is 2. The maximum Gasteiger partial charge on any atom is 0.0550 e. The minimum absolute atomic E-state index is 1.29. The molecule has 74 valence electrons. The Kier molecular flexibility index (Phi) is 1.96. The van der Waals surface area contributed by atoms with E-state index in [-0.39, 0.29) is 0 Å². The predicted octanol–water partition coefficient (Wildman–Crippen LogP) is 3.92. The molecule has 0 spiro atoms. The number of fused-ring (bicyclic) bond motifs is 2. The minimum atomic E-state index is 1.29. The van der Waals surface area contributed by atoms with Gasteiger partial charge < -0.3 is 4.90 Å². The van der Waals surface area contributed by atoms with Crippen molar-refractivity contribution < 1.29 is 0 Å². The maximum absolute atomic E-state index is 2.25. The van der Waals surface area contributed by atoms with Crippen LogP contribution in [-0.4, -0.2) is 7.05 Å². The van der Waals surface area contributed by atoms with Crippen LogP contribution in [0, 0.1) is 0 Å². The van der Waals surface area contributed by atoms with E-state index in [0.29, 0.717) is 0 Å². The summed E-state index contributed by atoms with van der Waals surface area (Å²) in [5.41, 5.74) is 2.59. The van der Waals surface area contributed by atoms with Gasteiger partial charge in [0.1, 0.15) is 0 Å². The Balaban J connectivity index is 2.20. The summed E-state index contributed by atoms with van der Waals surface area (Å²) in [6, 6.07) is 17.0. The largest absolute Gasteiger partial charge is 0.343 e. The van der Waals surface area contributed by atoms with Gasteiger partial charge in [-0.05, 0) is 24.3 Å². The average Bonchev–Trinajstić information content (AvgIpc) is 2.30. The maximum atomic E-state index is 2.25. The predicted molar refractivity (Wildman–Crippen MR) is 65.1 cm³/mol. The van der Waals surface area contributed by atoms with E-state index in [4.69, 9.17) is 0 Å². The lowest BCUT2D eigenvalue weighted by atomic mass is 10.2. The molecule has 2 aromatic carbocycles. The normalized spacial score (nSPS) is 13.3. The van der Waals surface area contributed by atoms with Gasteiger partial charge in [0.05, 0.1) is 11.4 Å². The molecule has 3 rings (SSSR count). The molecule has 1 nitrogen and oxygen atoms in total. The van der Waals surface area contributed by atoms with E-state index >= 15 is 0 Å². The van der Waals surface area contributed by atoms with Crippen LogP contribution in [0.15, 0.2) is 58.3 Å². The topological polar surface area (TPSA) is 3.24 Å². The number of para-hydroxylation sites is 2. The number of benzene rings is 2. The first-order chi connectivity index (χ1) is 7.36. The van der Waals surface area contributed by atoms with Crippen LogP contribution in [0.25, 0.3) is 0 Å². The Morgan fingerprint density at radius 2 is 1.27 bits per heavy atom. The van der Waals surface area contributed by atoms with Gasteiger partial charge in [-0.1, -0.05) is 36.0 Å². The molecule has 0 radical (unpaired) electrons. The van der Waals surface area contributed by atoms with Crippen molar-refractivity contribution in [3.63, 3.8) is 0 Å². The van der Waals surface area contributed by atoms with Crippen molar-refractivity contribution >= 4 is 23.1 Å². The van der Waals surface area contributed by atoms with Gasteiger partial charge in [0.15, 0.2) is 0 Å². The van der Waals surface area contributed by atoms with Gasteiger partial charge in [0, 0.05) is 16.8 Å². The van der Waals surface area contributed by atoms with E-state index in [2.05, 4.69) is 60.5 Å². The molecule has 0 amide bonds. The number of nitrogens with zero attached hydrogens (tertiary/aromatic N) is 1. The highest BCUT2D eigenvalue weighted by Crippen LogP contribution is 2.46. The summed E-state index contributed by atoms with van der Waals surface area (Å²) in [7, 11) is 2.12. The molecule has 0 saturated carbocycles. The lowest BCUT2D eigenvalue weighted by Gasteiger charge is -2.29. The highest BCUT2D eigenvalue weighted by Gasteiger charge is 2.18. The monoisotopic (exact) mass is 213 g/mol. The van der Waals surface area contributed by atoms with Crippen molar-refractivity contribution in [1.82, 2.24) is 0 Å². The van der Waals surface area contributed by atoms with E-state index in [1.807, 2.05) is 11.8 Å². The molecule has 0 saturated heterocycles. The molecule has 0 fully saturated rings. The smallest absolute Gasteiger partial charge is 0.0550 e. The quantitative estimate of drug-likeness (QED) is 0.652. The van der Waals surface area contributed by atoms with Gasteiger partial charge in [-0.25, -0.2) is 0 Å². The number of hydrogen-bond donors (Lipinski definition) is 0. The lowest BCUT2D eigenvalue weighted by molar-refractivity contribution is 1.11. The minimum Gasteiger partial charge on any atom is -0.343 e. The van der Waals surface area contributed by atoms with Crippen LogP contribution >= 0.6 is 11.8 Å². The molecule has 15 heavy (non-hydrogen) atoms. The third kappa shape index (κ3) is 1.33. The number of rotatable bonds is 0. The fraction of sp³-hybridized carbons (Fsp3) is 0.0769. The molecule has 0 aliphatic carbocycles. The van der Waals surface area contributed by atoms with Crippen LogP contribution < -0.4 is 4.90 Å². The first-order valence-corrected chi connectivity index (χ1v) is 5.77. The van der Waals surface area contributed by atoms with E-state index in [1.54, 1.807) is 0 Å². The third-order valence-electron chi connectivity index (χ3n) is 2.67. The van der Waals surface area contributed by atoms with Crippen LogP contribution in [0.1, 0.15) is 0 Å². The van der Waals surface area contributed by atoms with Crippen LogP contribution in [-0.2, 0) is 0 Å². The summed E-state index contributed by atoms with van der Waals surface area (Å²) in [6.07, 6.45) is 0. The van der Waals surface area contributed by atoms with Crippen LogP contribution in [0.5, 0.6) is 0 Å². The second-order valence-electron chi connectivity index (χ2n) is 3.60. The summed E-state index contributed by atoms with van der Waals surface area (Å²) >= 11 is 1.84. The van der Waals surface area contributed by atoms with Crippen molar-refractivity contribution in [2.75, 3.05) is 11.9 Å². The highest BCUT2D eigenvalue weighted by molar-refractivity contribution is 7.99. The van der Waals surface area contributed by atoms with Gasteiger partial charge in [0.25, 0.3) is 0 Å². The van der Waals surface area contributed by atoms with Gasteiger partial charge in [0.2, 0.25) is 0 Å². The molecule has 1 aliphatic heterocycles.